The van der Waals surface area contributed by atoms with E-state index < -0.39 is 0 Å². The van der Waals surface area contributed by atoms with Crippen molar-refractivity contribution in [1.82, 2.24) is 4.98 Å². The fraction of sp³-hybridized carbons (Fsp3) is 0.154. The first kappa shape index (κ1) is 21.2. The fourth-order valence-corrected chi connectivity index (χ4v) is 3.60. The van der Waals surface area contributed by atoms with E-state index in [0.29, 0.717) is 17.2 Å². The average Bonchev–Trinajstić information content (AvgIpc) is 3.21. The Morgan fingerprint density at radius 3 is 2.62 bits per heavy atom. The Morgan fingerprint density at radius 1 is 1.06 bits per heavy atom. The highest BCUT2D eigenvalue weighted by Crippen LogP contribution is 2.38. The highest BCUT2D eigenvalue weighted by atomic mass is 16.5. The summed E-state index contributed by atoms with van der Waals surface area (Å²) in [7, 11) is 3.24. The summed E-state index contributed by atoms with van der Waals surface area (Å²) in [5.41, 5.74) is 5.00. The number of carbonyl (C=O) groups excluding carboxylic acids is 1. The van der Waals surface area contributed by atoms with Gasteiger partial charge in [0.1, 0.15) is 22.9 Å². The Hall–Kier alpha value is -4.06. The van der Waals surface area contributed by atoms with E-state index in [0.717, 1.165) is 39.1 Å². The van der Waals surface area contributed by atoms with Gasteiger partial charge in [0.05, 0.1) is 20.5 Å². The molecule has 0 aliphatic heterocycles. The normalized spacial score (nSPS) is 11.4. The van der Waals surface area contributed by atoms with Crippen molar-refractivity contribution in [3.63, 3.8) is 0 Å². The molecule has 2 aromatic carbocycles. The van der Waals surface area contributed by atoms with Crippen LogP contribution in [-0.2, 0) is 4.79 Å². The summed E-state index contributed by atoms with van der Waals surface area (Å²) >= 11 is 0. The number of ether oxygens (including phenoxy) is 2. The molecular formula is C26H24N2O4. The van der Waals surface area contributed by atoms with Crippen molar-refractivity contribution < 1.29 is 18.7 Å². The first-order valence-electron chi connectivity index (χ1n) is 10.2. The number of aryl methyl sites for hydroxylation is 1. The van der Waals surface area contributed by atoms with Crippen LogP contribution in [0.1, 0.15) is 18.2 Å². The smallest absolute Gasteiger partial charge is 0.249 e. The van der Waals surface area contributed by atoms with Gasteiger partial charge in [-0.15, -0.1) is 0 Å². The number of rotatable bonds is 6. The second-order valence-electron chi connectivity index (χ2n) is 7.41. The summed E-state index contributed by atoms with van der Waals surface area (Å²) in [6.45, 7) is 3.75. The molecule has 2 aromatic heterocycles. The minimum atomic E-state index is -0.261. The van der Waals surface area contributed by atoms with Gasteiger partial charge in [-0.1, -0.05) is 18.2 Å². The second-order valence-corrected chi connectivity index (χ2v) is 7.41. The zero-order valence-electron chi connectivity index (χ0n) is 18.4. The van der Waals surface area contributed by atoms with E-state index in [1.165, 1.54) is 0 Å². The maximum absolute atomic E-state index is 12.6. The molecule has 4 rings (SSSR count). The lowest BCUT2D eigenvalue weighted by Gasteiger charge is -2.10. The van der Waals surface area contributed by atoms with Crippen LogP contribution in [0.5, 0.6) is 11.5 Å². The number of anilines is 1. The molecule has 2 heterocycles. The summed E-state index contributed by atoms with van der Waals surface area (Å²) in [4.78, 5) is 16.9. The van der Waals surface area contributed by atoms with E-state index in [9.17, 15) is 4.79 Å². The highest BCUT2D eigenvalue weighted by molar-refractivity contribution is 6.05. The van der Waals surface area contributed by atoms with Crippen LogP contribution < -0.4 is 14.8 Å². The van der Waals surface area contributed by atoms with Crippen molar-refractivity contribution in [1.29, 1.82) is 0 Å². The van der Waals surface area contributed by atoms with Gasteiger partial charge in [-0.05, 0) is 55.3 Å². The van der Waals surface area contributed by atoms with E-state index in [2.05, 4.69) is 10.3 Å². The van der Waals surface area contributed by atoms with Crippen molar-refractivity contribution in [2.24, 2.45) is 0 Å². The largest absolute Gasteiger partial charge is 0.497 e. The summed E-state index contributed by atoms with van der Waals surface area (Å²) < 4.78 is 16.7. The van der Waals surface area contributed by atoms with E-state index in [1.54, 1.807) is 32.6 Å². The number of hydrogen-bond donors (Lipinski definition) is 1. The van der Waals surface area contributed by atoms with Crippen molar-refractivity contribution in [2.45, 2.75) is 13.8 Å². The molecule has 0 aliphatic carbocycles. The maximum Gasteiger partial charge on any atom is 0.249 e. The molecule has 0 saturated carbocycles. The first-order chi connectivity index (χ1) is 15.5. The van der Waals surface area contributed by atoms with E-state index in [4.69, 9.17) is 13.9 Å². The van der Waals surface area contributed by atoms with E-state index in [-0.39, 0.29) is 5.91 Å². The summed E-state index contributed by atoms with van der Waals surface area (Å²) in [5.74, 6) is 1.64. The number of fused-ring (bicyclic) bond motifs is 1. The van der Waals surface area contributed by atoms with Gasteiger partial charge in [0.15, 0.2) is 0 Å². The molecule has 1 amide bonds. The number of pyridine rings is 1. The van der Waals surface area contributed by atoms with Crippen LogP contribution in [0, 0.1) is 6.92 Å². The Morgan fingerprint density at radius 2 is 1.88 bits per heavy atom. The molecule has 4 aromatic rings. The molecule has 0 bridgehead atoms. The Balaban J connectivity index is 1.72. The van der Waals surface area contributed by atoms with Gasteiger partial charge in [0.25, 0.3) is 0 Å². The average molecular weight is 428 g/mol. The van der Waals surface area contributed by atoms with Gasteiger partial charge in [-0.25, -0.2) is 4.98 Å². The predicted octanol–water partition coefficient (Wildman–Crippen LogP) is 5.86. The molecule has 0 unspecified atom stereocenters. The quantitative estimate of drug-likeness (QED) is 0.389. The van der Waals surface area contributed by atoms with Gasteiger partial charge in [-0.2, -0.15) is 0 Å². The third kappa shape index (κ3) is 4.34. The Bertz CT molecular complexity index is 1320. The molecule has 6 nitrogen and oxygen atoms in total. The first-order valence-corrected chi connectivity index (χ1v) is 10.2. The van der Waals surface area contributed by atoms with Crippen LogP contribution in [0.3, 0.4) is 0 Å². The molecule has 32 heavy (non-hydrogen) atoms. The molecule has 1 N–H and O–H groups in total. The standard InChI is InChI=1S/C26H24N2O4/c1-16(11-26(29)28-25-10-5-7-17(2)27-25)20-13-21-22(15-32-24(21)14-23(20)31-4)18-8-6-9-19(12-18)30-3/h5-15H,1-4H3,(H,27,28,29)/b16-11+. The topological polar surface area (TPSA) is 73.6 Å². The van der Waals surface area contributed by atoms with Crippen LogP contribution in [0.15, 0.2) is 71.4 Å². The van der Waals surface area contributed by atoms with Crippen LogP contribution in [-0.4, -0.2) is 25.1 Å². The molecule has 0 saturated heterocycles. The highest BCUT2D eigenvalue weighted by Gasteiger charge is 2.15. The Labute approximate surface area is 186 Å². The molecule has 0 aliphatic rings. The third-order valence-corrected chi connectivity index (χ3v) is 5.19. The molecule has 0 spiro atoms. The van der Waals surface area contributed by atoms with Gasteiger partial charge >= 0.3 is 0 Å². The number of allylic oxidation sites excluding steroid dienone is 1. The van der Waals surface area contributed by atoms with Crippen molar-refractivity contribution in [3.8, 4) is 22.6 Å². The monoisotopic (exact) mass is 428 g/mol. The van der Waals surface area contributed by atoms with Crippen LogP contribution in [0.25, 0.3) is 27.7 Å². The molecule has 0 radical (unpaired) electrons. The van der Waals surface area contributed by atoms with Gasteiger partial charge in [0, 0.05) is 34.3 Å². The third-order valence-electron chi connectivity index (χ3n) is 5.19. The number of amides is 1. The number of carbonyl (C=O) groups is 1. The number of methoxy groups -OCH3 is 2. The predicted molar refractivity (Wildman–Crippen MR) is 126 cm³/mol. The number of hydrogen-bond acceptors (Lipinski definition) is 5. The van der Waals surface area contributed by atoms with E-state index in [1.807, 2.05) is 62.4 Å². The molecule has 6 heteroatoms. The van der Waals surface area contributed by atoms with Gasteiger partial charge in [-0.3, -0.25) is 4.79 Å². The second kappa shape index (κ2) is 8.98. The van der Waals surface area contributed by atoms with Crippen molar-refractivity contribution >= 4 is 28.3 Å². The van der Waals surface area contributed by atoms with Crippen LogP contribution in [0.2, 0.25) is 0 Å². The molecular weight excluding hydrogens is 404 g/mol. The number of nitrogens with zero attached hydrogens (tertiary/aromatic N) is 1. The van der Waals surface area contributed by atoms with Crippen LogP contribution in [0.4, 0.5) is 5.82 Å². The Kier molecular flexibility index (Phi) is 5.94. The zero-order valence-corrected chi connectivity index (χ0v) is 18.4. The van der Waals surface area contributed by atoms with Crippen molar-refractivity contribution in [3.05, 3.63) is 78.2 Å². The SMILES string of the molecule is COc1cccc(-c2coc3cc(OC)c(/C(C)=C/C(=O)Nc4cccc(C)n4)cc23)c1. The van der Waals surface area contributed by atoms with E-state index >= 15 is 0 Å². The lowest BCUT2D eigenvalue weighted by Crippen LogP contribution is -2.10. The van der Waals surface area contributed by atoms with Crippen molar-refractivity contribution in [2.75, 3.05) is 19.5 Å². The maximum atomic E-state index is 12.6. The summed E-state index contributed by atoms with van der Waals surface area (Å²) in [5, 5.41) is 3.72. The summed E-state index contributed by atoms with van der Waals surface area (Å²) in [6, 6.07) is 17.1. The summed E-state index contributed by atoms with van der Waals surface area (Å²) in [6.07, 6.45) is 3.26. The minimum absolute atomic E-state index is 0.261. The van der Waals surface area contributed by atoms with Gasteiger partial charge < -0.3 is 19.2 Å². The van der Waals surface area contributed by atoms with Gasteiger partial charge in [0.2, 0.25) is 5.91 Å². The molecule has 0 atom stereocenters. The zero-order chi connectivity index (χ0) is 22.7. The lowest BCUT2D eigenvalue weighted by molar-refractivity contribution is -0.111. The molecule has 162 valence electrons. The number of aromatic nitrogens is 1. The lowest BCUT2D eigenvalue weighted by atomic mass is 9.99. The number of nitrogens with one attached hydrogen (secondary N) is 1. The van der Waals surface area contributed by atoms with Crippen LogP contribution >= 0.6 is 0 Å². The number of benzene rings is 2. The fourth-order valence-electron chi connectivity index (χ4n) is 3.60. The minimum Gasteiger partial charge on any atom is -0.497 e. The number of furan rings is 1. The molecule has 0 fully saturated rings.